The van der Waals surface area contributed by atoms with Crippen molar-refractivity contribution >= 4 is 23.3 Å². The van der Waals surface area contributed by atoms with Crippen LogP contribution >= 0.6 is 0 Å². The Morgan fingerprint density at radius 2 is 2.00 bits per heavy atom. The molecule has 0 N–H and O–H groups in total. The number of rotatable bonds is 2. The van der Waals surface area contributed by atoms with Crippen molar-refractivity contribution < 1.29 is 33.4 Å². The summed E-state index contributed by atoms with van der Waals surface area (Å²) in [5.41, 5.74) is -4.65. The van der Waals surface area contributed by atoms with Gasteiger partial charge in [0.05, 0.1) is 31.7 Å². The van der Waals surface area contributed by atoms with Crippen LogP contribution in [0.2, 0.25) is 0 Å². The second-order valence-corrected chi connectivity index (χ2v) is 6.32. The highest BCUT2D eigenvalue weighted by molar-refractivity contribution is 6.25. The zero-order valence-electron chi connectivity index (χ0n) is 12.1. The molecule has 2 bridgehead atoms. The molecule has 0 aromatic carbocycles. The van der Waals surface area contributed by atoms with Crippen molar-refractivity contribution in [2.45, 2.75) is 6.92 Å². The summed E-state index contributed by atoms with van der Waals surface area (Å²) in [6.07, 6.45) is 1.23. The maximum absolute atomic E-state index is 13.1. The molecule has 2 aliphatic carbocycles. The number of ketones is 3. The van der Waals surface area contributed by atoms with Gasteiger partial charge in [0.25, 0.3) is 0 Å². The Bertz CT molecular complexity index is 692. The Labute approximate surface area is 125 Å². The molecule has 7 heteroatoms. The molecule has 0 radical (unpaired) electrons. The molecule has 2 saturated heterocycles. The molecule has 22 heavy (non-hydrogen) atoms. The summed E-state index contributed by atoms with van der Waals surface area (Å²) < 4.78 is 15.8. The average Bonchev–Trinajstić information content (AvgIpc) is 3.04. The van der Waals surface area contributed by atoms with Gasteiger partial charge in [-0.3, -0.25) is 19.2 Å². The van der Waals surface area contributed by atoms with E-state index in [9.17, 15) is 19.2 Å². The van der Waals surface area contributed by atoms with Gasteiger partial charge < -0.3 is 14.2 Å². The minimum atomic E-state index is -1.65. The van der Waals surface area contributed by atoms with Gasteiger partial charge in [0.2, 0.25) is 0 Å². The lowest BCUT2D eigenvalue weighted by Gasteiger charge is -2.36. The number of allylic oxidation sites excluding steroid dienone is 2. The van der Waals surface area contributed by atoms with Crippen LogP contribution in [0.1, 0.15) is 6.92 Å². The highest BCUT2D eigenvalue weighted by atomic mass is 16.6. The molecule has 3 fully saturated rings. The number of methoxy groups -OCH3 is 1. The molecule has 7 nitrogen and oxygen atoms in total. The molecule has 116 valence electrons. The van der Waals surface area contributed by atoms with E-state index in [2.05, 4.69) is 0 Å². The van der Waals surface area contributed by atoms with Crippen LogP contribution in [-0.2, 0) is 33.4 Å². The van der Waals surface area contributed by atoms with Crippen LogP contribution in [-0.4, -0.2) is 50.2 Å². The Morgan fingerprint density at radius 1 is 1.27 bits per heavy atom. The quantitative estimate of drug-likeness (QED) is 0.498. The van der Waals surface area contributed by atoms with Gasteiger partial charge in [-0.2, -0.15) is 0 Å². The lowest BCUT2D eigenvalue weighted by Crippen LogP contribution is -2.55. The number of carbonyl (C=O) groups is 4. The normalized spacial score (nSPS) is 45.3. The topological polar surface area (TPSA) is 96.0 Å². The number of cyclic esters (lactones) is 1. The second kappa shape index (κ2) is 3.65. The van der Waals surface area contributed by atoms with Crippen LogP contribution in [0.15, 0.2) is 11.8 Å². The van der Waals surface area contributed by atoms with Crippen molar-refractivity contribution in [2.75, 3.05) is 26.9 Å². The number of ether oxygens (including phenoxy) is 3. The van der Waals surface area contributed by atoms with E-state index >= 15 is 0 Å². The summed E-state index contributed by atoms with van der Waals surface area (Å²) in [5, 5.41) is 0. The maximum atomic E-state index is 13.1. The highest BCUT2D eigenvalue weighted by Gasteiger charge is 2.90. The smallest absolute Gasteiger partial charge is 0.317 e. The summed E-state index contributed by atoms with van der Waals surface area (Å²) in [6, 6.07) is 0. The zero-order chi connectivity index (χ0) is 15.9. The van der Waals surface area contributed by atoms with Crippen LogP contribution in [0.25, 0.3) is 0 Å². The molecule has 0 aromatic heterocycles. The molecule has 0 amide bonds. The van der Waals surface area contributed by atoms with Gasteiger partial charge >= 0.3 is 5.97 Å². The largest absolute Gasteiger partial charge is 0.500 e. The number of fused-ring (bicyclic) bond motifs is 2. The first kappa shape index (κ1) is 13.6. The van der Waals surface area contributed by atoms with E-state index in [4.69, 9.17) is 14.2 Å². The predicted octanol–water partition coefficient (Wildman–Crippen LogP) is -0.567. The summed E-state index contributed by atoms with van der Waals surface area (Å²) in [6.45, 7) is 0.737. The molecule has 2 spiro atoms. The monoisotopic (exact) mass is 306 g/mol. The molecule has 4 aliphatic rings. The van der Waals surface area contributed by atoms with Gasteiger partial charge in [-0.1, -0.05) is 0 Å². The first-order valence-electron chi connectivity index (χ1n) is 7.00. The molecule has 0 aromatic rings. The Morgan fingerprint density at radius 3 is 2.64 bits per heavy atom. The minimum Gasteiger partial charge on any atom is -0.500 e. The van der Waals surface area contributed by atoms with Crippen LogP contribution < -0.4 is 0 Å². The molecule has 4 unspecified atom stereocenters. The molecule has 4 rings (SSSR count). The first-order valence-corrected chi connectivity index (χ1v) is 7.00. The summed E-state index contributed by atoms with van der Waals surface area (Å²) in [5.74, 6) is -2.89. The summed E-state index contributed by atoms with van der Waals surface area (Å²) in [7, 11) is 1.34. The van der Waals surface area contributed by atoms with Crippen LogP contribution in [0.4, 0.5) is 0 Å². The fourth-order valence-corrected chi connectivity index (χ4v) is 4.93. The van der Waals surface area contributed by atoms with Gasteiger partial charge in [0, 0.05) is 6.08 Å². The fraction of sp³-hybridized carbons (Fsp3) is 0.600. The number of carbonyl (C=O) groups excluding carboxylic acids is 4. The lowest BCUT2D eigenvalue weighted by molar-refractivity contribution is -0.158. The standard InChI is InChI=1S/C15H14O7/c1-7(16)13-5-22-12(19)15(13)6-21-4-14(15)9(17)3-8(20-2)10(13)11(14)18/h3,10H,4-6H2,1-2H3. The molecule has 2 aliphatic heterocycles. The zero-order valence-corrected chi connectivity index (χ0v) is 12.1. The third-order valence-corrected chi connectivity index (χ3v) is 5.92. The van der Waals surface area contributed by atoms with Gasteiger partial charge in [0.15, 0.2) is 11.6 Å². The van der Waals surface area contributed by atoms with Crippen LogP contribution in [0.3, 0.4) is 0 Å². The fourth-order valence-electron chi connectivity index (χ4n) is 4.93. The van der Waals surface area contributed by atoms with E-state index in [1.807, 2.05) is 0 Å². The second-order valence-electron chi connectivity index (χ2n) is 6.32. The SMILES string of the molecule is COC1=CC(=O)C23COCC24C(=O)OCC4(C(C)=O)C1C3=O. The van der Waals surface area contributed by atoms with Gasteiger partial charge in [-0.15, -0.1) is 0 Å². The van der Waals surface area contributed by atoms with Crippen LogP contribution in [0, 0.1) is 22.2 Å². The van der Waals surface area contributed by atoms with E-state index in [-0.39, 0.29) is 31.4 Å². The van der Waals surface area contributed by atoms with E-state index < -0.39 is 39.7 Å². The highest BCUT2D eigenvalue weighted by Crippen LogP contribution is 2.73. The predicted molar refractivity (Wildman–Crippen MR) is 68.4 cm³/mol. The lowest BCUT2D eigenvalue weighted by atomic mass is 9.56. The Balaban J connectivity index is 2.13. The summed E-state index contributed by atoms with van der Waals surface area (Å²) >= 11 is 0. The molecule has 2 heterocycles. The maximum Gasteiger partial charge on any atom is 0.317 e. The molecular weight excluding hydrogens is 292 g/mol. The van der Waals surface area contributed by atoms with E-state index in [0.717, 1.165) is 0 Å². The van der Waals surface area contributed by atoms with Gasteiger partial charge in [-0.25, -0.2) is 0 Å². The number of hydrogen-bond acceptors (Lipinski definition) is 7. The number of esters is 1. The Hall–Kier alpha value is -2.02. The third-order valence-electron chi connectivity index (χ3n) is 5.92. The van der Waals surface area contributed by atoms with Gasteiger partial charge in [0.1, 0.15) is 29.0 Å². The van der Waals surface area contributed by atoms with Crippen molar-refractivity contribution in [3.63, 3.8) is 0 Å². The third kappa shape index (κ3) is 0.947. The minimum absolute atomic E-state index is 0.128. The Kier molecular flexibility index (Phi) is 2.26. The van der Waals surface area contributed by atoms with E-state index in [1.165, 1.54) is 20.1 Å². The van der Waals surface area contributed by atoms with Crippen LogP contribution in [0.5, 0.6) is 0 Å². The van der Waals surface area contributed by atoms with Crippen molar-refractivity contribution in [2.24, 2.45) is 22.2 Å². The van der Waals surface area contributed by atoms with Crippen molar-refractivity contribution in [1.29, 1.82) is 0 Å². The van der Waals surface area contributed by atoms with Crippen molar-refractivity contribution in [3.8, 4) is 0 Å². The molecular formula is C15H14O7. The van der Waals surface area contributed by atoms with Crippen molar-refractivity contribution in [3.05, 3.63) is 11.8 Å². The first-order chi connectivity index (χ1) is 10.4. The van der Waals surface area contributed by atoms with E-state index in [0.29, 0.717) is 0 Å². The molecule has 4 atom stereocenters. The van der Waals surface area contributed by atoms with Crippen molar-refractivity contribution in [1.82, 2.24) is 0 Å². The summed E-state index contributed by atoms with van der Waals surface area (Å²) in [4.78, 5) is 50.9. The van der Waals surface area contributed by atoms with Gasteiger partial charge in [-0.05, 0) is 6.92 Å². The van der Waals surface area contributed by atoms with E-state index in [1.54, 1.807) is 0 Å². The number of Topliss-reactive ketones (excluding diaryl/α,β-unsaturated/α-hetero) is 2. The average molecular weight is 306 g/mol. The number of hydrogen-bond donors (Lipinski definition) is 0. The molecule has 1 saturated carbocycles.